The Hall–Kier alpha value is -2.41. The molecule has 3 aromatic rings. The summed E-state index contributed by atoms with van der Waals surface area (Å²) in [7, 11) is -2.18. The molecule has 0 saturated carbocycles. The number of para-hydroxylation sites is 1. The Bertz CT molecular complexity index is 814. The smallest absolute Gasteiger partial charge is 0.378 e. The lowest BCUT2D eigenvalue weighted by atomic mass is 10.0. The minimum absolute atomic E-state index is 0.148. The first-order chi connectivity index (χ1) is 12.6. The van der Waals surface area contributed by atoms with Crippen LogP contribution < -0.4 is 5.32 Å². The molecule has 0 saturated heterocycles. The second kappa shape index (κ2) is 8.80. The van der Waals surface area contributed by atoms with Gasteiger partial charge in [-0.2, -0.15) is 0 Å². The molecule has 5 nitrogen and oxygen atoms in total. The Morgan fingerprint density at radius 1 is 1.04 bits per heavy atom. The van der Waals surface area contributed by atoms with Gasteiger partial charge in [-0.15, -0.1) is 0 Å². The lowest BCUT2D eigenvalue weighted by Gasteiger charge is -2.18. The maximum Gasteiger partial charge on any atom is 0.378 e. The highest BCUT2D eigenvalue weighted by Crippen LogP contribution is 2.23. The summed E-state index contributed by atoms with van der Waals surface area (Å²) in [5, 5.41) is 3.95. The molecule has 135 valence electrons. The van der Waals surface area contributed by atoms with Crippen molar-refractivity contribution < 1.29 is 18.8 Å². The molecule has 1 atom stereocenters. The van der Waals surface area contributed by atoms with Crippen molar-refractivity contribution in [3.63, 3.8) is 0 Å². The number of amides is 1. The SMILES string of the molecule is O=C(NC(CCCC[Si](O)O)c1ccccc1)c1cc2ccccc2o1. The van der Waals surface area contributed by atoms with Gasteiger partial charge < -0.3 is 19.3 Å². The van der Waals surface area contributed by atoms with Gasteiger partial charge in [-0.25, -0.2) is 0 Å². The molecule has 26 heavy (non-hydrogen) atoms. The summed E-state index contributed by atoms with van der Waals surface area (Å²) in [4.78, 5) is 30.8. The average molecular weight is 368 g/mol. The number of benzene rings is 2. The quantitative estimate of drug-likeness (QED) is 0.419. The fraction of sp³-hybridized carbons (Fsp3) is 0.250. The van der Waals surface area contributed by atoms with E-state index in [0.717, 1.165) is 30.2 Å². The zero-order valence-electron chi connectivity index (χ0n) is 14.4. The Balaban J connectivity index is 1.70. The Labute approximate surface area is 154 Å². The standard InChI is InChI=1S/C20H22NO4Si/c22-20(19-14-16-10-4-5-12-18(16)25-19)21-17(11-6-7-13-26(23)24)15-8-2-1-3-9-15/h1-5,8-10,12,14,17,23-24H,6-7,11,13H2,(H,21,22). The third-order valence-electron chi connectivity index (χ3n) is 4.30. The lowest BCUT2D eigenvalue weighted by molar-refractivity contribution is 0.0908. The molecule has 6 heteroatoms. The highest BCUT2D eigenvalue weighted by Gasteiger charge is 2.18. The topological polar surface area (TPSA) is 82.7 Å². The molecular weight excluding hydrogens is 346 g/mol. The first kappa shape index (κ1) is 18.4. The van der Waals surface area contributed by atoms with Gasteiger partial charge in [-0.05, 0) is 30.2 Å². The van der Waals surface area contributed by atoms with E-state index in [4.69, 9.17) is 14.0 Å². The number of carbonyl (C=O) groups is 1. The molecule has 1 aromatic heterocycles. The molecule has 0 bridgehead atoms. The number of unbranched alkanes of at least 4 members (excludes halogenated alkanes) is 1. The molecule has 1 unspecified atom stereocenters. The van der Waals surface area contributed by atoms with Crippen LogP contribution in [0.4, 0.5) is 0 Å². The number of carbonyl (C=O) groups excluding carboxylic acids is 1. The molecule has 3 N–H and O–H groups in total. The van der Waals surface area contributed by atoms with Crippen molar-refractivity contribution >= 4 is 26.2 Å². The summed E-state index contributed by atoms with van der Waals surface area (Å²) in [6.45, 7) is 0. The Morgan fingerprint density at radius 2 is 1.77 bits per heavy atom. The van der Waals surface area contributed by atoms with E-state index in [-0.39, 0.29) is 11.9 Å². The Morgan fingerprint density at radius 3 is 2.50 bits per heavy atom. The summed E-state index contributed by atoms with van der Waals surface area (Å²) in [6, 6.07) is 19.4. The third-order valence-corrected chi connectivity index (χ3v) is 5.10. The second-order valence-electron chi connectivity index (χ2n) is 6.25. The lowest BCUT2D eigenvalue weighted by Crippen LogP contribution is -2.28. The van der Waals surface area contributed by atoms with Crippen LogP contribution in [0.25, 0.3) is 11.0 Å². The van der Waals surface area contributed by atoms with Crippen LogP contribution in [-0.4, -0.2) is 24.8 Å². The maximum absolute atomic E-state index is 12.7. The van der Waals surface area contributed by atoms with Crippen molar-refractivity contribution in [1.29, 1.82) is 0 Å². The maximum atomic E-state index is 12.7. The largest absolute Gasteiger partial charge is 0.451 e. The van der Waals surface area contributed by atoms with Gasteiger partial charge in [0, 0.05) is 5.39 Å². The first-order valence-corrected chi connectivity index (χ1v) is 10.3. The van der Waals surface area contributed by atoms with E-state index in [1.807, 2.05) is 54.6 Å². The van der Waals surface area contributed by atoms with Crippen LogP contribution in [0.2, 0.25) is 6.04 Å². The second-order valence-corrected chi connectivity index (χ2v) is 7.58. The van der Waals surface area contributed by atoms with Crippen molar-refractivity contribution in [2.75, 3.05) is 0 Å². The van der Waals surface area contributed by atoms with Crippen LogP contribution >= 0.6 is 0 Å². The Kier molecular flexibility index (Phi) is 6.22. The predicted molar refractivity (Wildman–Crippen MR) is 102 cm³/mol. The summed E-state index contributed by atoms with van der Waals surface area (Å²) < 4.78 is 5.65. The molecule has 1 radical (unpaired) electrons. The van der Waals surface area contributed by atoms with Gasteiger partial charge in [0.2, 0.25) is 0 Å². The van der Waals surface area contributed by atoms with Crippen LogP contribution in [0.1, 0.15) is 41.4 Å². The van der Waals surface area contributed by atoms with Gasteiger partial charge >= 0.3 is 9.28 Å². The van der Waals surface area contributed by atoms with Crippen molar-refractivity contribution in [3.8, 4) is 0 Å². The molecule has 1 heterocycles. The van der Waals surface area contributed by atoms with Crippen molar-refractivity contribution in [2.24, 2.45) is 0 Å². The highest BCUT2D eigenvalue weighted by molar-refractivity contribution is 6.40. The monoisotopic (exact) mass is 368 g/mol. The van der Waals surface area contributed by atoms with Gasteiger partial charge in [0.15, 0.2) is 5.76 Å². The van der Waals surface area contributed by atoms with E-state index < -0.39 is 9.28 Å². The molecule has 2 aromatic carbocycles. The first-order valence-electron chi connectivity index (χ1n) is 8.71. The van der Waals surface area contributed by atoms with Crippen molar-refractivity contribution in [2.45, 2.75) is 31.3 Å². The number of rotatable bonds is 8. The summed E-state index contributed by atoms with van der Waals surface area (Å²) in [5.41, 5.74) is 1.71. The zero-order chi connectivity index (χ0) is 18.4. The van der Waals surface area contributed by atoms with Gasteiger partial charge in [0.05, 0.1) is 6.04 Å². The zero-order valence-corrected chi connectivity index (χ0v) is 15.4. The van der Waals surface area contributed by atoms with Crippen LogP contribution in [-0.2, 0) is 0 Å². The number of furan rings is 1. The number of hydrogen-bond donors (Lipinski definition) is 3. The minimum Gasteiger partial charge on any atom is -0.451 e. The van der Waals surface area contributed by atoms with Gasteiger partial charge in [0.1, 0.15) is 5.58 Å². The molecule has 1 amide bonds. The van der Waals surface area contributed by atoms with E-state index in [2.05, 4.69) is 5.32 Å². The fourth-order valence-electron chi connectivity index (χ4n) is 2.96. The molecule has 0 spiro atoms. The summed E-state index contributed by atoms with van der Waals surface area (Å²) in [5.74, 6) is 0.0486. The molecular formula is C20H22NO4Si. The van der Waals surface area contributed by atoms with Crippen LogP contribution in [0, 0.1) is 0 Å². The minimum atomic E-state index is -2.18. The molecule has 0 aliphatic rings. The van der Waals surface area contributed by atoms with Crippen molar-refractivity contribution in [1.82, 2.24) is 5.32 Å². The van der Waals surface area contributed by atoms with Crippen LogP contribution in [0.15, 0.2) is 65.1 Å². The predicted octanol–water partition coefficient (Wildman–Crippen LogP) is 3.55. The highest BCUT2D eigenvalue weighted by atomic mass is 28.3. The van der Waals surface area contributed by atoms with Gasteiger partial charge in [0.25, 0.3) is 5.91 Å². The van der Waals surface area contributed by atoms with Crippen LogP contribution in [0.3, 0.4) is 0 Å². The van der Waals surface area contributed by atoms with E-state index in [1.54, 1.807) is 6.07 Å². The van der Waals surface area contributed by atoms with Gasteiger partial charge in [-0.3, -0.25) is 4.79 Å². The number of fused-ring (bicyclic) bond motifs is 1. The molecule has 0 aliphatic heterocycles. The summed E-state index contributed by atoms with van der Waals surface area (Å²) >= 11 is 0. The van der Waals surface area contributed by atoms with Gasteiger partial charge in [-0.1, -0.05) is 61.4 Å². The molecule has 0 aliphatic carbocycles. The fourth-order valence-corrected chi connectivity index (χ4v) is 3.53. The normalized spacial score (nSPS) is 12.4. The van der Waals surface area contributed by atoms with E-state index in [0.29, 0.717) is 17.4 Å². The van der Waals surface area contributed by atoms with E-state index in [1.165, 1.54) is 0 Å². The average Bonchev–Trinajstić information content (AvgIpc) is 3.09. The van der Waals surface area contributed by atoms with Crippen LogP contribution in [0.5, 0.6) is 0 Å². The number of hydrogen-bond acceptors (Lipinski definition) is 4. The van der Waals surface area contributed by atoms with E-state index in [9.17, 15) is 4.79 Å². The van der Waals surface area contributed by atoms with Crippen molar-refractivity contribution in [3.05, 3.63) is 72.0 Å². The number of nitrogens with one attached hydrogen (secondary N) is 1. The van der Waals surface area contributed by atoms with E-state index >= 15 is 0 Å². The summed E-state index contributed by atoms with van der Waals surface area (Å²) in [6.07, 6.45) is 2.26. The molecule has 0 fully saturated rings. The third kappa shape index (κ3) is 4.82. The molecule has 3 rings (SSSR count).